The molecule has 0 aliphatic carbocycles. The molecule has 0 N–H and O–H groups in total. The van der Waals surface area contributed by atoms with Crippen molar-refractivity contribution in [2.24, 2.45) is 0 Å². The van der Waals surface area contributed by atoms with E-state index in [-0.39, 0.29) is 18.6 Å². The Morgan fingerprint density at radius 2 is 1.96 bits per heavy atom. The summed E-state index contributed by atoms with van der Waals surface area (Å²) in [5, 5.41) is 2.06. The molecule has 0 bridgehead atoms. The van der Waals surface area contributed by atoms with Crippen molar-refractivity contribution in [3.8, 4) is 11.5 Å². The molecule has 1 amide bonds. The topological polar surface area (TPSA) is 38.8 Å². The lowest BCUT2D eigenvalue weighted by Gasteiger charge is -2.24. The summed E-state index contributed by atoms with van der Waals surface area (Å²) in [6.45, 7) is 3.48. The van der Waals surface area contributed by atoms with Crippen LogP contribution in [0.3, 0.4) is 0 Å². The van der Waals surface area contributed by atoms with Crippen LogP contribution >= 0.6 is 11.3 Å². The maximum atomic E-state index is 12.5. The summed E-state index contributed by atoms with van der Waals surface area (Å²) in [4.78, 5) is 15.7. The van der Waals surface area contributed by atoms with Crippen molar-refractivity contribution in [2.75, 3.05) is 19.8 Å². The molecule has 0 spiro atoms. The van der Waals surface area contributed by atoms with Crippen LogP contribution in [0.4, 0.5) is 0 Å². The lowest BCUT2D eigenvalue weighted by molar-refractivity contribution is -0.134. The lowest BCUT2D eigenvalue weighted by atomic mass is 10.2. The first-order chi connectivity index (χ1) is 11.3. The quantitative estimate of drug-likeness (QED) is 0.806. The van der Waals surface area contributed by atoms with Crippen molar-refractivity contribution in [1.29, 1.82) is 0 Å². The standard InChI is InChI=1S/C18H21NO3S/c1-2-21-14-7-9-15(10-8-14)22-13-18(20)19-11-3-5-16(19)17-6-4-12-23-17/h4,6-10,12,16H,2-3,5,11,13H2,1H3. The highest BCUT2D eigenvalue weighted by Gasteiger charge is 2.30. The van der Waals surface area contributed by atoms with Gasteiger partial charge in [0.05, 0.1) is 12.6 Å². The zero-order chi connectivity index (χ0) is 16.1. The van der Waals surface area contributed by atoms with Crippen molar-refractivity contribution in [3.63, 3.8) is 0 Å². The van der Waals surface area contributed by atoms with Gasteiger partial charge < -0.3 is 14.4 Å². The number of rotatable bonds is 6. The number of ether oxygens (including phenoxy) is 2. The molecule has 4 nitrogen and oxygen atoms in total. The summed E-state index contributed by atoms with van der Waals surface area (Å²) in [6, 6.07) is 11.7. The molecular formula is C18H21NO3S. The fourth-order valence-electron chi connectivity index (χ4n) is 2.87. The number of likely N-dealkylation sites (tertiary alicyclic amines) is 1. The van der Waals surface area contributed by atoms with E-state index >= 15 is 0 Å². The molecule has 122 valence electrons. The minimum atomic E-state index is 0.0507. The highest BCUT2D eigenvalue weighted by molar-refractivity contribution is 7.10. The van der Waals surface area contributed by atoms with Crippen LogP contribution < -0.4 is 9.47 Å². The molecule has 2 heterocycles. The zero-order valence-electron chi connectivity index (χ0n) is 13.2. The smallest absolute Gasteiger partial charge is 0.261 e. The third kappa shape index (κ3) is 3.85. The van der Waals surface area contributed by atoms with Gasteiger partial charge >= 0.3 is 0 Å². The molecule has 1 saturated heterocycles. The van der Waals surface area contributed by atoms with Gasteiger partial charge in [-0.3, -0.25) is 4.79 Å². The molecule has 3 rings (SSSR count). The number of hydrogen-bond donors (Lipinski definition) is 0. The first-order valence-corrected chi connectivity index (χ1v) is 8.84. The van der Waals surface area contributed by atoms with Gasteiger partial charge in [0, 0.05) is 11.4 Å². The van der Waals surface area contributed by atoms with Gasteiger partial charge in [0.25, 0.3) is 5.91 Å². The predicted octanol–water partition coefficient (Wildman–Crippen LogP) is 3.89. The Labute approximate surface area is 140 Å². The predicted molar refractivity (Wildman–Crippen MR) is 91.1 cm³/mol. The summed E-state index contributed by atoms with van der Waals surface area (Å²) >= 11 is 1.71. The largest absolute Gasteiger partial charge is 0.494 e. The van der Waals surface area contributed by atoms with Crippen molar-refractivity contribution in [2.45, 2.75) is 25.8 Å². The molecule has 23 heavy (non-hydrogen) atoms. The highest BCUT2D eigenvalue weighted by Crippen LogP contribution is 2.34. The number of hydrogen-bond acceptors (Lipinski definition) is 4. The molecule has 1 unspecified atom stereocenters. The summed E-state index contributed by atoms with van der Waals surface area (Å²) in [5.41, 5.74) is 0. The maximum absolute atomic E-state index is 12.5. The molecule has 1 fully saturated rings. The van der Waals surface area contributed by atoms with Gasteiger partial charge in [-0.1, -0.05) is 6.07 Å². The van der Waals surface area contributed by atoms with Crippen molar-refractivity contribution in [1.82, 2.24) is 4.90 Å². The van der Waals surface area contributed by atoms with E-state index in [0.29, 0.717) is 12.4 Å². The summed E-state index contributed by atoms with van der Waals surface area (Å²) in [6.07, 6.45) is 2.09. The van der Waals surface area contributed by atoms with Crippen LogP contribution in [0.5, 0.6) is 11.5 Å². The summed E-state index contributed by atoms with van der Waals surface area (Å²) < 4.78 is 11.0. The van der Waals surface area contributed by atoms with Crippen molar-refractivity contribution in [3.05, 3.63) is 46.7 Å². The van der Waals surface area contributed by atoms with Crippen LogP contribution in [0.25, 0.3) is 0 Å². The molecule has 1 atom stereocenters. The Hall–Kier alpha value is -2.01. The van der Waals surface area contributed by atoms with E-state index in [1.54, 1.807) is 11.3 Å². The van der Waals surface area contributed by atoms with Gasteiger partial charge in [-0.05, 0) is 55.5 Å². The van der Waals surface area contributed by atoms with Crippen LogP contribution in [0.2, 0.25) is 0 Å². The average Bonchev–Trinajstić information content (AvgIpc) is 3.25. The van der Waals surface area contributed by atoms with E-state index in [0.717, 1.165) is 25.1 Å². The first-order valence-electron chi connectivity index (χ1n) is 7.96. The van der Waals surface area contributed by atoms with Crippen molar-refractivity contribution >= 4 is 17.2 Å². The van der Waals surface area contributed by atoms with E-state index in [1.165, 1.54) is 4.88 Å². The maximum Gasteiger partial charge on any atom is 0.261 e. The van der Waals surface area contributed by atoms with Crippen molar-refractivity contribution < 1.29 is 14.3 Å². The highest BCUT2D eigenvalue weighted by atomic mass is 32.1. The van der Waals surface area contributed by atoms with Crippen LogP contribution in [0.15, 0.2) is 41.8 Å². The zero-order valence-corrected chi connectivity index (χ0v) is 14.1. The molecule has 1 aromatic carbocycles. The average molecular weight is 331 g/mol. The fourth-order valence-corrected chi connectivity index (χ4v) is 3.74. The Kier molecular flexibility index (Phi) is 5.18. The molecular weight excluding hydrogens is 310 g/mol. The molecule has 1 aliphatic heterocycles. The van der Waals surface area contributed by atoms with Gasteiger partial charge in [-0.15, -0.1) is 11.3 Å². The van der Waals surface area contributed by atoms with E-state index in [2.05, 4.69) is 11.4 Å². The van der Waals surface area contributed by atoms with E-state index in [1.807, 2.05) is 42.2 Å². The number of benzene rings is 1. The van der Waals surface area contributed by atoms with Crippen LogP contribution in [-0.2, 0) is 4.79 Å². The van der Waals surface area contributed by atoms with E-state index in [9.17, 15) is 4.79 Å². The molecule has 1 aliphatic rings. The number of carbonyl (C=O) groups is 1. The summed E-state index contributed by atoms with van der Waals surface area (Å²) in [7, 11) is 0. The Morgan fingerprint density at radius 1 is 1.22 bits per heavy atom. The Balaban J connectivity index is 1.56. The molecule has 5 heteroatoms. The molecule has 2 aromatic rings. The number of amides is 1. The van der Waals surface area contributed by atoms with E-state index in [4.69, 9.17) is 9.47 Å². The number of thiophene rings is 1. The Morgan fingerprint density at radius 3 is 2.61 bits per heavy atom. The monoisotopic (exact) mass is 331 g/mol. The van der Waals surface area contributed by atoms with Gasteiger partial charge in [0.2, 0.25) is 0 Å². The second kappa shape index (κ2) is 7.51. The third-order valence-electron chi connectivity index (χ3n) is 3.94. The van der Waals surface area contributed by atoms with Crippen LogP contribution in [0.1, 0.15) is 30.7 Å². The minimum absolute atomic E-state index is 0.0507. The van der Waals surface area contributed by atoms with Gasteiger partial charge in [-0.2, -0.15) is 0 Å². The SMILES string of the molecule is CCOc1ccc(OCC(=O)N2CCCC2c2cccs2)cc1. The van der Waals surface area contributed by atoms with Gasteiger partial charge in [0.1, 0.15) is 11.5 Å². The second-order valence-electron chi connectivity index (χ2n) is 5.45. The Bertz CT molecular complexity index is 624. The van der Waals surface area contributed by atoms with Gasteiger partial charge in [0.15, 0.2) is 6.61 Å². The lowest BCUT2D eigenvalue weighted by Crippen LogP contribution is -2.34. The second-order valence-corrected chi connectivity index (χ2v) is 6.43. The van der Waals surface area contributed by atoms with Gasteiger partial charge in [-0.25, -0.2) is 0 Å². The fraction of sp³-hybridized carbons (Fsp3) is 0.389. The van der Waals surface area contributed by atoms with E-state index < -0.39 is 0 Å². The van der Waals surface area contributed by atoms with Crippen LogP contribution in [0, 0.1) is 0 Å². The molecule has 0 saturated carbocycles. The molecule has 0 radical (unpaired) electrons. The van der Waals surface area contributed by atoms with Crippen LogP contribution in [-0.4, -0.2) is 30.6 Å². The normalized spacial score (nSPS) is 17.3. The first kappa shape index (κ1) is 15.9. The third-order valence-corrected chi connectivity index (χ3v) is 4.92. The molecule has 1 aromatic heterocycles. The minimum Gasteiger partial charge on any atom is -0.494 e. The number of carbonyl (C=O) groups excluding carboxylic acids is 1. The summed E-state index contributed by atoms with van der Waals surface area (Å²) in [5.74, 6) is 1.55. The number of nitrogens with zero attached hydrogens (tertiary/aromatic N) is 1.